The van der Waals surface area contributed by atoms with Gasteiger partial charge in [-0.1, -0.05) is 27.7 Å². The zero-order chi connectivity index (χ0) is 17.3. The van der Waals surface area contributed by atoms with Crippen LogP contribution in [0, 0.1) is 0 Å². The van der Waals surface area contributed by atoms with Gasteiger partial charge in [0.2, 0.25) is 0 Å². The number of benzene rings is 1. The molecule has 1 aliphatic heterocycles. The first kappa shape index (κ1) is 17.6. The molecule has 0 bridgehead atoms. The third-order valence-corrected chi connectivity index (χ3v) is 6.23. The van der Waals surface area contributed by atoms with Crippen molar-refractivity contribution in [1.29, 1.82) is 0 Å². The number of halogens is 1. The molecule has 2 aromatic rings. The van der Waals surface area contributed by atoms with Crippen molar-refractivity contribution in [2.75, 3.05) is 12.9 Å². The van der Waals surface area contributed by atoms with Crippen LogP contribution in [-0.4, -0.2) is 33.6 Å². The van der Waals surface area contributed by atoms with Crippen molar-refractivity contribution in [1.82, 2.24) is 9.55 Å². The second-order valence-electron chi connectivity index (χ2n) is 5.17. The molecule has 0 fully saturated rings. The average Bonchev–Trinajstić information content (AvgIpc) is 3.04. The number of carbonyl (C=O) groups is 1. The molecule has 1 aromatic carbocycles. The molecule has 5 nitrogen and oxygen atoms in total. The molecule has 0 spiro atoms. The molecular weight excluding hydrogens is 412 g/mol. The highest BCUT2D eigenvalue weighted by molar-refractivity contribution is 9.10. The van der Waals surface area contributed by atoms with Crippen molar-refractivity contribution >= 4 is 45.4 Å². The Kier molecular flexibility index (Phi) is 5.36. The number of hydrogen-bond donors (Lipinski definition) is 0. The van der Waals surface area contributed by atoms with Gasteiger partial charge in [-0.3, -0.25) is 14.2 Å². The van der Waals surface area contributed by atoms with Gasteiger partial charge in [-0.15, -0.1) is 11.8 Å². The maximum atomic E-state index is 12.9. The molecule has 1 atom stereocenters. The summed E-state index contributed by atoms with van der Waals surface area (Å²) in [6, 6.07) is 7.46. The second kappa shape index (κ2) is 7.33. The summed E-state index contributed by atoms with van der Waals surface area (Å²) in [5.74, 6) is 0.518. The lowest BCUT2D eigenvalue weighted by Crippen LogP contribution is -2.25. The van der Waals surface area contributed by atoms with Crippen LogP contribution in [0.3, 0.4) is 0 Å². The number of ether oxygens (including phenoxy) is 1. The molecule has 0 saturated heterocycles. The Hall–Kier alpha value is -1.25. The third-order valence-electron chi connectivity index (χ3n) is 3.57. The molecule has 0 radical (unpaired) electrons. The summed E-state index contributed by atoms with van der Waals surface area (Å²) < 4.78 is 7.29. The van der Waals surface area contributed by atoms with Crippen molar-refractivity contribution < 1.29 is 9.53 Å². The number of rotatable bonds is 4. The number of hydrogen-bond acceptors (Lipinski definition) is 6. The van der Waals surface area contributed by atoms with Gasteiger partial charge in [0.25, 0.3) is 5.56 Å². The van der Waals surface area contributed by atoms with E-state index in [-0.39, 0.29) is 11.5 Å². The van der Waals surface area contributed by atoms with Crippen LogP contribution < -0.4 is 5.56 Å². The monoisotopic (exact) mass is 426 g/mol. The van der Waals surface area contributed by atoms with Gasteiger partial charge in [-0.05, 0) is 31.2 Å². The zero-order valence-electron chi connectivity index (χ0n) is 13.1. The Balaban J connectivity index is 2.12. The number of aryl methyl sites for hydroxylation is 1. The summed E-state index contributed by atoms with van der Waals surface area (Å²) in [6.07, 6.45) is 0.774. The molecule has 126 valence electrons. The van der Waals surface area contributed by atoms with Crippen molar-refractivity contribution in [3.05, 3.63) is 44.8 Å². The molecule has 1 aromatic heterocycles. The fraction of sp³-hybridized carbons (Fsp3) is 0.312. The lowest BCUT2D eigenvalue weighted by Gasteiger charge is -2.16. The predicted molar refractivity (Wildman–Crippen MR) is 99.3 cm³/mol. The largest absolute Gasteiger partial charge is 0.468 e. The van der Waals surface area contributed by atoms with Gasteiger partial charge in [0, 0.05) is 16.6 Å². The van der Waals surface area contributed by atoms with E-state index < -0.39 is 5.25 Å². The van der Waals surface area contributed by atoms with Crippen LogP contribution in [0.25, 0.3) is 5.69 Å². The van der Waals surface area contributed by atoms with Crippen LogP contribution in [0.4, 0.5) is 0 Å². The summed E-state index contributed by atoms with van der Waals surface area (Å²) in [5.41, 5.74) is 1.47. The van der Waals surface area contributed by atoms with Gasteiger partial charge < -0.3 is 4.74 Å². The Morgan fingerprint density at radius 1 is 1.42 bits per heavy atom. The van der Waals surface area contributed by atoms with E-state index in [1.807, 2.05) is 24.3 Å². The van der Waals surface area contributed by atoms with Gasteiger partial charge in [0.1, 0.15) is 5.25 Å². The van der Waals surface area contributed by atoms with Crippen molar-refractivity contribution in [3.63, 3.8) is 0 Å². The Bertz CT molecular complexity index is 836. The number of carbonyl (C=O) groups excluding carboxylic acids is 1. The van der Waals surface area contributed by atoms with Gasteiger partial charge in [0.15, 0.2) is 5.16 Å². The molecular formula is C16H15BrN2O3S2. The summed E-state index contributed by atoms with van der Waals surface area (Å²) in [7, 11) is 1.36. The van der Waals surface area contributed by atoms with E-state index in [2.05, 4.69) is 20.9 Å². The fourth-order valence-electron chi connectivity index (χ4n) is 2.36. The summed E-state index contributed by atoms with van der Waals surface area (Å²) in [5, 5.41) is 0.0668. The Morgan fingerprint density at radius 2 is 2.12 bits per heavy atom. The van der Waals surface area contributed by atoms with E-state index in [9.17, 15) is 9.59 Å². The molecule has 24 heavy (non-hydrogen) atoms. The zero-order valence-corrected chi connectivity index (χ0v) is 16.3. The maximum Gasteiger partial charge on any atom is 0.318 e. The van der Waals surface area contributed by atoms with E-state index in [0.717, 1.165) is 28.0 Å². The van der Waals surface area contributed by atoms with E-state index in [1.165, 1.54) is 30.6 Å². The van der Waals surface area contributed by atoms with E-state index in [1.54, 1.807) is 11.5 Å². The number of methoxy groups -OCH3 is 1. The highest BCUT2D eigenvalue weighted by atomic mass is 79.9. The minimum atomic E-state index is -0.448. The number of aromatic nitrogens is 2. The highest BCUT2D eigenvalue weighted by Gasteiger charge is 2.25. The van der Waals surface area contributed by atoms with Crippen molar-refractivity contribution in [2.24, 2.45) is 0 Å². The van der Waals surface area contributed by atoms with Crippen LogP contribution in [-0.2, 0) is 16.0 Å². The van der Waals surface area contributed by atoms with E-state index in [4.69, 9.17) is 4.74 Å². The normalized spacial score (nSPS) is 14.3. The van der Waals surface area contributed by atoms with Crippen LogP contribution in [0.1, 0.15) is 12.6 Å². The van der Waals surface area contributed by atoms with Gasteiger partial charge in [-0.2, -0.15) is 0 Å². The number of fused-ring (bicyclic) bond motifs is 1. The number of nitrogens with zero attached hydrogens (tertiary/aromatic N) is 2. The minimum Gasteiger partial charge on any atom is -0.468 e. The standard InChI is InChI=1S/C16H15BrN2O3S2/c1-9(15(21)22-2)24-16-18-12-7-8-23-13(12)14(20)19(16)11-5-3-10(17)4-6-11/h3-6,9H,7-8H2,1-2H3/t9-/m0/s1. The second-order valence-corrected chi connectivity index (χ2v) is 8.50. The van der Waals surface area contributed by atoms with Crippen molar-refractivity contribution in [3.8, 4) is 5.69 Å². The predicted octanol–water partition coefficient (Wildman–Crippen LogP) is 3.30. The summed E-state index contributed by atoms with van der Waals surface area (Å²) in [4.78, 5) is 30.1. The summed E-state index contributed by atoms with van der Waals surface area (Å²) in [6.45, 7) is 1.75. The fourth-order valence-corrected chi connectivity index (χ4v) is 4.62. The molecule has 0 amide bonds. The van der Waals surface area contributed by atoms with Gasteiger partial charge in [0.05, 0.1) is 23.4 Å². The lowest BCUT2D eigenvalue weighted by atomic mass is 10.3. The quantitative estimate of drug-likeness (QED) is 0.424. The molecule has 2 heterocycles. The third kappa shape index (κ3) is 3.41. The first-order chi connectivity index (χ1) is 11.5. The van der Waals surface area contributed by atoms with Crippen LogP contribution in [0.15, 0.2) is 43.6 Å². The SMILES string of the molecule is COC(=O)[C@H](C)Sc1nc2c(c(=O)n1-c1ccc(Br)cc1)SCC2. The van der Waals surface area contributed by atoms with Crippen LogP contribution >= 0.6 is 39.5 Å². The highest BCUT2D eigenvalue weighted by Crippen LogP contribution is 2.31. The first-order valence-electron chi connectivity index (χ1n) is 7.30. The van der Waals surface area contributed by atoms with Gasteiger partial charge in [-0.25, -0.2) is 4.98 Å². The van der Waals surface area contributed by atoms with E-state index in [0.29, 0.717) is 10.1 Å². The molecule has 0 unspecified atom stereocenters. The first-order valence-corrected chi connectivity index (χ1v) is 9.96. The molecule has 1 aliphatic rings. The van der Waals surface area contributed by atoms with E-state index >= 15 is 0 Å². The minimum absolute atomic E-state index is 0.0793. The topological polar surface area (TPSA) is 61.2 Å². The number of thioether (sulfide) groups is 2. The molecule has 0 saturated carbocycles. The van der Waals surface area contributed by atoms with Crippen LogP contribution in [0.5, 0.6) is 0 Å². The Morgan fingerprint density at radius 3 is 2.79 bits per heavy atom. The molecule has 0 N–H and O–H groups in total. The smallest absolute Gasteiger partial charge is 0.318 e. The Labute approximate surface area is 156 Å². The maximum absolute atomic E-state index is 12.9. The lowest BCUT2D eigenvalue weighted by molar-refractivity contribution is -0.139. The summed E-state index contributed by atoms with van der Waals surface area (Å²) >= 11 is 6.18. The molecule has 0 aliphatic carbocycles. The van der Waals surface area contributed by atoms with Crippen molar-refractivity contribution in [2.45, 2.75) is 28.6 Å². The average molecular weight is 427 g/mol. The molecule has 8 heteroatoms. The van der Waals surface area contributed by atoms with Gasteiger partial charge >= 0.3 is 5.97 Å². The number of esters is 1. The van der Waals surface area contributed by atoms with Crippen LogP contribution in [0.2, 0.25) is 0 Å². The molecule has 3 rings (SSSR count).